The number of carboxylic acids is 1. The third-order valence-corrected chi connectivity index (χ3v) is 4.79. The molecule has 0 bridgehead atoms. The number of rotatable bonds is 16. The molecular formula is C20H40O2. The SMILES string of the molecule is CCCCCCCCC(CC(CCC)CCCCC)C(=O)O. The molecule has 0 rings (SSSR count). The van der Waals surface area contributed by atoms with Gasteiger partial charge >= 0.3 is 5.97 Å². The highest BCUT2D eigenvalue weighted by atomic mass is 16.4. The van der Waals surface area contributed by atoms with E-state index in [1.807, 2.05) is 0 Å². The van der Waals surface area contributed by atoms with Crippen molar-refractivity contribution in [2.75, 3.05) is 0 Å². The first-order chi connectivity index (χ1) is 10.7. The maximum atomic E-state index is 11.5. The fourth-order valence-corrected chi connectivity index (χ4v) is 3.39. The van der Waals surface area contributed by atoms with Gasteiger partial charge in [-0.25, -0.2) is 0 Å². The molecule has 22 heavy (non-hydrogen) atoms. The number of unbranched alkanes of at least 4 members (excludes halogenated alkanes) is 7. The molecule has 0 spiro atoms. The van der Waals surface area contributed by atoms with Crippen molar-refractivity contribution in [2.45, 2.75) is 111 Å². The van der Waals surface area contributed by atoms with Gasteiger partial charge in [0, 0.05) is 0 Å². The summed E-state index contributed by atoms with van der Waals surface area (Å²) in [4.78, 5) is 11.5. The summed E-state index contributed by atoms with van der Waals surface area (Å²) in [6.07, 6.45) is 16.7. The van der Waals surface area contributed by atoms with Crippen LogP contribution in [0.2, 0.25) is 0 Å². The quantitative estimate of drug-likeness (QED) is 0.317. The van der Waals surface area contributed by atoms with E-state index in [1.165, 1.54) is 70.6 Å². The van der Waals surface area contributed by atoms with E-state index in [0.29, 0.717) is 5.92 Å². The Morgan fingerprint density at radius 2 is 1.27 bits per heavy atom. The van der Waals surface area contributed by atoms with Crippen molar-refractivity contribution < 1.29 is 9.90 Å². The molecule has 0 saturated heterocycles. The molecule has 2 unspecified atom stereocenters. The highest BCUT2D eigenvalue weighted by molar-refractivity contribution is 5.69. The van der Waals surface area contributed by atoms with Crippen LogP contribution in [-0.2, 0) is 4.79 Å². The minimum atomic E-state index is -0.565. The second-order valence-corrected chi connectivity index (χ2v) is 6.98. The van der Waals surface area contributed by atoms with Gasteiger partial charge in [0.2, 0.25) is 0 Å². The summed E-state index contributed by atoms with van der Waals surface area (Å²) >= 11 is 0. The zero-order valence-corrected chi connectivity index (χ0v) is 15.4. The largest absolute Gasteiger partial charge is 0.481 e. The Morgan fingerprint density at radius 1 is 0.727 bits per heavy atom. The van der Waals surface area contributed by atoms with E-state index in [4.69, 9.17) is 0 Å². The highest BCUT2D eigenvalue weighted by Crippen LogP contribution is 2.27. The molecule has 0 saturated carbocycles. The summed E-state index contributed by atoms with van der Waals surface area (Å²) in [5.41, 5.74) is 0. The average Bonchev–Trinajstić information content (AvgIpc) is 2.49. The second kappa shape index (κ2) is 15.4. The topological polar surface area (TPSA) is 37.3 Å². The predicted octanol–water partition coefficient (Wildman–Crippen LogP) is 6.82. The standard InChI is InChI=1S/C20H40O2/c1-4-7-9-10-11-13-16-19(20(21)22)17-18(14-6-3)15-12-8-5-2/h18-19H,4-17H2,1-3H3,(H,21,22). The first-order valence-electron chi connectivity index (χ1n) is 9.88. The van der Waals surface area contributed by atoms with Gasteiger partial charge in [0.15, 0.2) is 0 Å². The van der Waals surface area contributed by atoms with Crippen LogP contribution in [0.25, 0.3) is 0 Å². The van der Waals surface area contributed by atoms with Gasteiger partial charge in [0.05, 0.1) is 5.92 Å². The summed E-state index contributed by atoms with van der Waals surface area (Å²) in [5, 5.41) is 9.50. The van der Waals surface area contributed by atoms with E-state index in [2.05, 4.69) is 20.8 Å². The van der Waals surface area contributed by atoms with E-state index < -0.39 is 5.97 Å². The van der Waals surface area contributed by atoms with E-state index >= 15 is 0 Å². The van der Waals surface area contributed by atoms with Crippen LogP contribution in [0.1, 0.15) is 111 Å². The summed E-state index contributed by atoms with van der Waals surface area (Å²) < 4.78 is 0. The Morgan fingerprint density at radius 3 is 1.86 bits per heavy atom. The zero-order valence-electron chi connectivity index (χ0n) is 15.4. The molecule has 0 heterocycles. The molecule has 1 N–H and O–H groups in total. The van der Waals surface area contributed by atoms with Gasteiger partial charge in [-0.05, 0) is 18.8 Å². The normalized spacial score (nSPS) is 14.0. The maximum Gasteiger partial charge on any atom is 0.306 e. The van der Waals surface area contributed by atoms with Crippen LogP contribution in [0, 0.1) is 11.8 Å². The molecule has 0 aromatic rings. The molecule has 0 aromatic heterocycles. The van der Waals surface area contributed by atoms with Crippen molar-refractivity contribution >= 4 is 5.97 Å². The van der Waals surface area contributed by atoms with Gasteiger partial charge in [-0.2, -0.15) is 0 Å². The van der Waals surface area contributed by atoms with E-state index in [-0.39, 0.29) is 5.92 Å². The number of aliphatic carboxylic acids is 1. The monoisotopic (exact) mass is 312 g/mol. The predicted molar refractivity (Wildman–Crippen MR) is 96.3 cm³/mol. The number of carboxylic acid groups (broad SMARTS) is 1. The number of carbonyl (C=O) groups is 1. The average molecular weight is 313 g/mol. The molecule has 0 radical (unpaired) electrons. The van der Waals surface area contributed by atoms with Crippen LogP contribution in [0.4, 0.5) is 0 Å². The van der Waals surface area contributed by atoms with Gasteiger partial charge in [0.1, 0.15) is 0 Å². The Labute approximate surface area is 139 Å². The van der Waals surface area contributed by atoms with Crippen molar-refractivity contribution in [1.29, 1.82) is 0 Å². The Hall–Kier alpha value is -0.530. The summed E-state index contributed by atoms with van der Waals surface area (Å²) in [6.45, 7) is 6.68. The molecule has 0 aliphatic heterocycles. The number of hydrogen-bond acceptors (Lipinski definition) is 1. The van der Waals surface area contributed by atoms with Crippen LogP contribution in [0.5, 0.6) is 0 Å². The third kappa shape index (κ3) is 12.1. The summed E-state index contributed by atoms with van der Waals surface area (Å²) in [5.74, 6) is -0.0488. The van der Waals surface area contributed by atoms with Crippen LogP contribution in [-0.4, -0.2) is 11.1 Å². The van der Waals surface area contributed by atoms with Gasteiger partial charge in [-0.15, -0.1) is 0 Å². The molecule has 0 aliphatic rings. The van der Waals surface area contributed by atoms with Crippen molar-refractivity contribution in [3.05, 3.63) is 0 Å². The summed E-state index contributed by atoms with van der Waals surface area (Å²) in [6, 6.07) is 0. The maximum absolute atomic E-state index is 11.5. The van der Waals surface area contributed by atoms with Crippen molar-refractivity contribution in [3.8, 4) is 0 Å². The van der Waals surface area contributed by atoms with E-state index in [1.54, 1.807) is 0 Å². The molecule has 2 atom stereocenters. The highest BCUT2D eigenvalue weighted by Gasteiger charge is 2.21. The minimum absolute atomic E-state index is 0.107. The lowest BCUT2D eigenvalue weighted by Gasteiger charge is -2.21. The van der Waals surface area contributed by atoms with Gasteiger partial charge in [-0.1, -0.05) is 97.8 Å². The zero-order chi connectivity index (χ0) is 16.6. The molecule has 132 valence electrons. The second-order valence-electron chi connectivity index (χ2n) is 6.98. The minimum Gasteiger partial charge on any atom is -0.481 e. The fourth-order valence-electron chi connectivity index (χ4n) is 3.39. The lowest BCUT2D eigenvalue weighted by Crippen LogP contribution is -2.18. The Balaban J connectivity index is 4.08. The van der Waals surface area contributed by atoms with Crippen molar-refractivity contribution in [2.24, 2.45) is 11.8 Å². The lowest BCUT2D eigenvalue weighted by atomic mass is 9.85. The van der Waals surface area contributed by atoms with Crippen molar-refractivity contribution in [3.63, 3.8) is 0 Å². The molecule has 2 heteroatoms. The molecule has 2 nitrogen and oxygen atoms in total. The van der Waals surface area contributed by atoms with Crippen LogP contribution in [0.15, 0.2) is 0 Å². The molecule has 0 amide bonds. The third-order valence-electron chi connectivity index (χ3n) is 4.79. The Kier molecular flexibility index (Phi) is 15.0. The molecular weight excluding hydrogens is 272 g/mol. The molecule has 0 aliphatic carbocycles. The van der Waals surface area contributed by atoms with Gasteiger partial charge in [0.25, 0.3) is 0 Å². The molecule has 0 aromatic carbocycles. The molecule has 0 fully saturated rings. The fraction of sp³-hybridized carbons (Fsp3) is 0.950. The number of hydrogen-bond donors (Lipinski definition) is 1. The van der Waals surface area contributed by atoms with Crippen LogP contribution in [0.3, 0.4) is 0 Å². The van der Waals surface area contributed by atoms with E-state index in [0.717, 1.165) is 19.3 Å². The smallest absolute Gasteiger partial charge is 0.306 e. The van der Waals surface area contributed by atoms with E-state index in [9.17, 15) is 9.90 Å². The van der Waals surface area contributed by atoms with Crippen LogP contribution < -0.4 is 0 Å². The summed E-state index contributed by atoms with van der Waals surface area (Å²) in [7, 11) is 0. The Bertz CT molecular complexity index is 250. The lowest BCUT2D eigenvalue weighted by molar-refractivity contribution is -0.142. The van der Waals surface area contributed by atoms with Gasteiger partial charge < -0.3 is 5.11 Å². The first-order valence-corrected chi connectivity index (χ1v) is 9.88. The van der Waals surface area contributed by atoms with Crippen molar-refractivity contribution in [1.82, 2.24) is 0 Å². The first kappa shape index (κ1) is 21.5. The van der Waals surface area contributed by atoms with Crippen LogP contribution >= 0.6 is 0 Å². The van der Waals surface area contributed by atoms with Gasteiger partial charge in [-0.3, -0.25) is 4.79 Å².